The standard InChI is InChI=1S/C17H27NO3/c1-17(14-19)7-4-8-18(13-17)12-15-5-3-6-16(11-15)21-10-9-20-2/h3,5-6,11,19H,4,7-10,12-14H2,1-2H3. The van der Waals surface area contributed by atoms with Gasteiger partial charge in [0.05, 0.1) is 6.61 Å². The quantitative estimate of drug-likeness (QED) is 0.783. The lowest BCUT2D eigenvalue weighted by molar-refractivity contribution is 0.0429. The van der Waals surface area contributed by atoms with Gasteiger partial charge in [-0.2, -0.15) is 0 Å². The van der Waals surface area contributed by atoms with Crippen molar-refractivity contribution in [3.63, 3.8) is 0 Å². The van der Waals surface area contributed by atoms with Crippen LogP contribution in [0.3, 0.4) is 0 Å². The highest BCUT2D eigenvalue weighted by Crippen LogP contribution is 2.29. The molecule has 0 bridgehead atoms. The Hall–Kier alpha value is -1.10. The normalized spacial score (nSPS) is 23.2. The lowest BCUT2D eigenvalue weighted by Crippen LogP contribution is -2.43. The van der Waals surface area contributed by atoms with Gasteiger partial charge in [0.15, 0.2) is 0 Å². The third kappa shape index (κ3) is 4.99. The molecule has 4 heteroatoms. The van der Waals surface area contributed by atoms with E-state index < -0.39 is 0 Å². The van der Waals surface area contributed by atoms with Gasteiger partial charge in [0.1, 0.15) is 12.4 Å². The highest BCUT2D eigenvalue weighted by Gasteiger charge is 2.30. The number of benzene rings is 1. The van der Waals surface area contributed by atoms with Gasteiger partial charge < -0.3 is 14.6 Å². The summed E-state index contributed by atoms with van der Waals surface area (Å²) in [5, 5.41) is 9.54. The Labute approximate surface area is 127 Å². The SMILES string of the molecule is COCCOc1cccc(CN2CCCC(C)(CO)C2)c1. The fourth-order valence-electron chi connectivity index (χ4n) is 2.93. The summed E-state index contributed by atoms with van der Waals surface area (Å²) in [4.78, 5) is 2.42. The number of aliphatic hydroxyl groups is 1. The molecule has 2 rings (SSSR count). The Morgan fingerprint density at radius 1 is 1.33 bits per heavy atom. The number of piperidine rings is 1. The number of ether oxygens (including phenoxy) is 2. The van der Waals surface area contributed by atoms with E-state index in [1.54, 1.807) is 7.11 Å². The fraction of sp³-hybridized carbons (Fsp3) is 0.647. The minimum atomic E-state index is 0.0465. The molecule has 1 aliphatic heterocycles. The minimum absolute atomic E-state index is 0.0465. The summed E-state index contributed by atoms with van der Waals surface area (Å²) in [6.45, 7) is 6.59. The summed E-state index contributed by atoms with van der Waals surface area (Å²) in [7, 11) is 1.67. The third-order valence-electron chi connectivity index (χ3n) is 4.10. The monoisotopic (exact) mass is 293 g/mol. The van der Waals surface area contributed by atoms with Crippen LogP contribution in [0.5, 0.6) is 5.75 Å². The van der Waals surface area contributed by atoms with Gasteiger partial charge in [0.2, 0.25) is 0 Å². The Bertz CT molecular complexity index is 438. The van der Waals surface area contributed by atoms with E-state index in [9.17, 15) is 5.11 Å². The van der Waals surface area contributed by atoms with E-state index in [-0.39, 0.29) is 12.0 Å². The predicted molar refractivity (Wildman–Crippen MR) is 83.5 cm³/mol. The van der Waals surface area contributed by atoms with Crippen molar-refractivity contribution in [1.29, 1.82) is 0 Å². The molecule has 1 atom stereocenters. The molecular formula is C17H27NO3. The van der Waals surface area contributed by atoms with Crippen LogP contribution in [0.4, 0.5) is 0 Å². The van der Waals surface area contributed by atoms with E-state index in [0.29, 0.717) is 13.2 Å². The van der Waals surface area contributed by atoms with Crippen molar-refractivity contribution in [2.75, 3.05) is 40.0 Å². The maximum absolute atomic E-state index is 9.54. The molecule has 0 aromatic heterocycles. The molecule has 0 amide bonds. The topological polar surface area (TPSA) is 41.9 Å². The van der Waals surface area contributed by atoms with E-state index in [0.717, 1.165) is 38.2 Å². The molecule has 0 radical (unpaired) electrons. The Kier molecular flexibility index (Phi) is 6.03. The van der Waals surface area contributed by atoms with Crippen LogP contribution in [0.2, 0.25) is 0 Å². The molecule has 1 N–H and O–H groups in total. The average molecular weight is 293 g/mol. The number of likely N-dealkylation sites (tertiary alicyclic amines) is 1. The van der Waals surface area contributed by atoms with Crippen LogP contribution in [-0.4, -0.2) is 50.0 Å². The summed E-state index contributed by atoms with van der Waals surface area (Å²) in [6, 6.07) is 8.24. The van der Waals surface area contributed by atoms with E-state index in [1.165, 1.54) is 5.56 Å². The fourth-order valence-corrected chi connectivity index (χ4v) is 2.93. The van der Waals surface area contributed by atoms with Crippen LogP contribution in [0.15, 0.2) is 24.3 Å². The summed E-state index contributed by atoms with van der Waals surface area (Å²) in [5.74, 6) is 0.895. The molecule has 1 unspecified atom stereocenters. The molecular weight excluding hydrogens is 266 g/mol. The maximum atomic E-state index is 9.54. The van der Waals surface area contributed by atoms with Crippen molar-refractivity contribution in [1.82, 2.24) is 4.90 Å². The lowest BCUT2D eigenvalue weighted by Gasteiger charge is -2.39. The number of aliphatic hydroxyl groups excluding tert-OH is 1. The van der Waals surface area contributed by atoms with Crippen LogP contribution < -0.4 is 4.74 Å². The highest BCUT2D eigenvalue weighted by atomic mass is 16.5. The third-order valence-corrected chi connectivity index (χ3v) is 4.10. The number of nitrogens with zero attached hydrogens (tertiary/aromatic N) is 1. The van der Waals surface area contributed by atoms with Gasteiger partial charge in [0, 0.05) is 32.2 Å². The molecule has 1 aliphatic rings. The summed E-state index contributed by atoms with van der Waals surface area (Å²) >= 11 is 0. The first-order chi connectivity index (χ1) is 10.1. The van der Waals surface area contributed by atoms with Crippen molar-refractivity contribution in [2.24, 2.45) is 5.41 Å². The van der Waals surface area contributed by atoms with Crippen LogP contribution >= 0.6 is 0 Å². The predicted octanol–water partition coefficient (Wildman–Crippen LogP) is 2.31. The van der Waals surface area contributed by atoms with Crippen molar-refractivity contribution in [2.45, 2.75) is 26.3 Å². The van der Waals surface area contributed by atoms with Crippen LogP contribution in [0, 0.1) is 5.41 Å². The van der Waals surface area contributed by atoms with E-state index >= 15 is 0 Å². The zero-order valence-corrected chi connectivity index (χ0v) is 13.2. The second-order valence-corrected chi connectivity index (χ2v) is 6.27. The first-order valence-electron chi connectivity index (χ1n) is 7.69. The van der Waals surface area contributed by atoms with Gasteiger partial charge in [0.25, 0.3) is 0 Å². The smallest absolute Gasteiger partial charge is 0.119 e. The summed E-state index contributed by atoms with van der Waals surface area (Å²) in [5.41, 5.74) is 1.30. The Morgan fingerprint density at radius 3 is 2.95 bits per heavy atom. The van der Waals surface area contributed by atoms with Gasteiger partial charge >= 0.3 is 0 Å². The molecule has 118 valence electrons. The van der Waals surface area contributed by atoms with Crippen molar-refractivity contribution in [3.8, 4) is 5.75 Å². The van der Waals surface area contributed by atoms with Gasteiger partial charge in [-0.15, -0.1) is 0 Å². The van der Waals surface area contributed by atoms with Crippen molar-refractivity contribution < 1.29 is 14.6 Å². The van der Waals surface area contributed by atoms with Crippen molar-refractivity contribution >= 4 is 0 Å². The molecule has 0 aliphatic carbocycles. The van der Waals surface area contributed by atoms with Gasteiger partial charge in [-0.25, -0.2) is 0 Å². The summed E-state index contributed by atoms with van der Waals surface area (Å²) < 4.78 is 10.6. The van der Waals surface area contributed by atoms with E-state index in [4.69, 9.17) is 9.47 Å². The van der Waals surface area contributed by atoms with Crippen LogP contribution in [-0.2, 0) is 11.3 Å². The van der Waals surface area contributed by atoms with E-state index in [2.05, 4.69) is 24.0 Å². The number of hydrogen-bond acceptors (Lipinski definition) is 4. The first-order valence-corrected chi connectivity index (χ1v) is 7.69. The van der Waals surface area contributed by atoms with Gasteiger partial charge in [-0.05, 0) is 37.1 Å². The maximum Gasteiger partial charge on any atom is 0.119 e. The second-order valence-electron chi connectivity index (χ2n) is 6.27. The molecule has 1 fully saturated rings. The number of methoxy groups -OCH3 is 1. The van der Waals surface area contributed by atoms with Gasteiger partial charge in [-0.1, -0.05) is 19.1 Å². The summed E-state index contributed by atoms with van der Waals surface area (Å²) in [6.07, 6.45) is 2.27. The Morgan fingerprint density at radius 2 is 2.19 bits per heavy atom. The van der Waals surface area contributed by atoms with E-state index in [1.807, 2.05) is 12.1 Å². The highest BCUT2D eigenvalue weighted by molar-refractivity contribution is 5.28. The molecule has 1 heterocycles. The van der Waals surface area contributed by atoms with Crippen LogP contribution in [0.25, 0.3) is 0 Å². The number of rotatable bonds is 7. The molecule has 21 heavy (non-hydrogen) atoms. The lowest BCUT2D eigenvalue weighted by atomic mass is 9.82. The number of hydrogen-bond donors (Lipinski definition) is 1. The second kappa shape index (κ2) is 7.78. The van der Waals surface area contributed by atoms with Gasteiger partial charge in [-0.3, -0.25) is 4.90 Å². The Balaban J connectivity index is 1.91. The average Bonchev–Trinajstić information content (AvgIpc) is 2.48. The molecule has 4 nitrogen and oxygen atoms in total. The molecule has 0 spiro atoms. The zero-order valence-electron chi connectivity index (χ0n) is 13.2. The molecule has 1 saturated heterocycles. The molecule has 1 aromatic carbocycles. The molecule has 1 aromatic rings. The largest absolute Gasteiger partial charge is 0.491 e. The van der Waals surface area contributed by atoms with Crippen LogP contribution in [0.1, 0.15) is 25.3 Å². The first kappa shape index (κ1) is 16.3. The zero-order chi connectivity index (χ0) is 15.1. The molecule has 0 saturated carbocycles. The minimum Gasteiger partial charge on any atom is -0.491 e. The van der Waals surface area contributed by atoms with Crippen molar-refractivity contribution in [3.05, 3.63) is 29.8 Å².